The van der Waals surface area contributed by atoms with Gasteiger partial charge in [0, 0.05) is 15.6 Å². The minimum Gasteiger partial charge on any atom is -0.289 e. The van der Waals surface area contributed by atoms with E-state index in [9.17, 15) is 4.79 Å². The molecule has 1 nitrogen and oxygen atoms in total. The number of benzene rings is 2. The number of halogens is 1. The lowest BCUT2D eigenvalue weighted by molar-refractivity contribution is 0.103. The van der Waals surface area contributed by atoms with E-state index in [0.29, 0.717) is 11.5 Å². The summed E-state index contributed by atoms with van der Waals surface area (Å²) in [5.74, 6) is 0.604. The quantitative estimate of drug-likeness (QED) is 0.709. The normalized spacial score (nSPS) is 12.2. The van der Waals surface area contributed by atoms with Crippen LogP contribution in [0.5, 0.6) is 0 Å². The molecular formula is C17H17BrO. The molecule has 98 valence electrons. The lowest BCUT2D eigenvalue weighted by Gasteiger charge is -2.09. The summed E-state index contributed by atoms with van der Waals surface area (Å²) in [6.07, 6.45) is 1.11. The van der Waals surface area contributed by atoms with Crippen LogP contribution in [0.1, 0.15) is 47.7 Å². The van der Waals surface area contributed by atoms with Gasteiger partial charge in [-0.3, -0.25) is 4.79 Å². The zero-order valence-corrected chi connectivity index (χ0v) is 12.8. The van der Waals surface area contributed by atoms with Gasteiger partial charge in [0.25, 0.3) is 0 Å². The summed E-state index contributed by atoms with van der Waals surface area (Å²) in [4.78, 5) is 12.3. The van der Waals surface area contributed by atoms with Gasteiger partial charge in [-0.25, -0.2) is 0 Å². The van der Waals surface area contributed by atoms with Crippen molar-refractivity contribution in [3.8, 4) is 0 Å². The number of hydrogen-bond acceptors (Lipinski definition) is 1. The molecule has 0 amide bonds. The Labute approximate surface area is 122 Å². The van der Waals surface area contributed by atoms with E-state index < -0.39 is 0 Å². The van der Waals surface area contributed by atoms with Crippen molar-refractivity contribution in [1.29, 1.82) is 0 Å². The molecule has 0 aliphatic rings. The van der Waals surface area contributed by atoms with Crippen molar-refractivity contribution in [2.75, 3.05) is 0 Å². The third kappa shape index (κ3) is 3.32. The first kappa shape index (κ1) is 14.0. The first-order valence-electron chi connectivity index (χ1n) is 6.52. The molecule has 19 heavy (non-hydrogen) atoms. The largest absolute Gasteiger partial charge is 0.289 e. The smallest absolute Gasteiger partial charge is 0.193 e. The molecule has 0 aliphatic heterocycles. The van der Waals surface area contributed by atoms with Crippen LogP contribution in [0.2, 0.25) is 0 Å². The Hall–Kier alpha value is -1.41. The van der Waals surface area contributed by atoms with Crippen LogP contribution in [0.15, 0.2) is 53.0 Å². The SMILES string of the molecule is CCC(C)c1ccc(C(=O)c2cccc(Br)c2)cc1. The van der Waals surface area contributed by atoms with Gasteiger partial charge in [0.05, 0.1) is 0 Å². The van der Waals surface area contributed by atoms with Crippen LogP contribution >= 0.6 is 15.9 Å². The van der Waals surface area contributed by atoms with Crippen molar-refractivity contribution in [2.24, 2.45) is 0 Å². The average Bonchev–Trinajstić information content (AvgIpc) is 2.46. The Kier molecular flexibility index (Phi) is 4.54. The summed E-state index contributed by atoms with van der Waals surface area (Å²) in [5, 5.41) is 0. The van der Waals surface area contributed by atoms with Gasteiger partial charge in [0.2, 0.25) is 0 Å². The summed E-state index contributed by atoms with van der Waals surface area (Å²) in [5.41, 5.74) is 2.74. The lowest BCUT2D eigenvalue weighted by atomic mass is 9.95. The van der Waals surface area contributed by atoms with Crippen LogP contribution < -0.4 is 0 Å². The fourth-order valence-corrected chi connectivity index (χ4v) is 2.39. The molecule has 0 fully saturated rings. The second kappa shape index (κ2) is 6.16. The van der Waals surface area contributed by atoms with Crippen molar-refractivity contribution in [1.82, 2.24) is 0 Å². The summed E-state index contributed by atoms with van der Waals surface area (Å²) in [7, 11) is 0. The van der Waals surface area contributed by atoms with Crippen molar-refractivity contribution in [3.63, 3.8) is 0 Å². The van der Waals surface area contributed by atoms with Gasteiger partial charge >= 0.3 is 0 Å². The second-order valence-corrected chi connectivity index (χ2v) is 5.69. The topological polar surface area (TPSA) is 17.1 Å². The van der Waals surface area contributed by atoms with E-state index >= 15 is 0 Å². The highest BCUT2D eigenvalue weighted by atomic mass is 79.9. The Morgan fingerprint density at radius 1 is 1.11 bits per heavy atom. The molecule has 0 saturated carbocycles. The van der Waals surface area contributed by atoms with Gasteiger partial charge in [0.1, 0.15) is 0 Å². The van der Waals surface area contributed by atoms with Crippen LogP contribution in [-0.2, 0) is 0 Å². The van der Waals surface area contributed by atoms with Crippen molar-refractivity contribution < 1.29 is 4.79 Å². The van der Waals surface area contributed by atoms with Gasteiger partial charge in [-0.15, -0.1) is 0 Å². The Morgan fingerprint density at radius 2 is 1.79 bits per heavy atom. The molecule has 2 rings (SSSR count). The van der Waals surface area contributed by atoms with Crippen LogP contribution in [0.4, 0.5) is 0 Å². The number of carbonyl (C=O) groups is 1. The van der Waals surface area contributed by atoms with Gasteiger partial charge in [-0.2, -0.15) is 0 Å². The second-order valence-electron chi connectivity index (χ2n) is 4.77. The predicted molar refractivity (Wildman–Crippen MR) is 82.7 cm³/mol. The maximum absolute atomic E-state index is 12.3. The molecule has 0 aromatic heterocycles. The van der Waals surface area contributed by atoms with Crippen molar-refractivity contribution in [2.45, 2.75) is 26.2 Å². The highest BCUT2D eigenvalue weighted by Crippen LogP contribution is 2.20. The highest BCUT2D eigenvalue weighted by Gasteiger charge is 2.10. The zero-order chi connectivity index (χ0) is 13.8. The molecule has 0 N–H and O–H groups in total. The molecule has 0 saturated heterocycles. The Bertz CT molecular complexity index is 572. The molecule has 2 heteroatoms. The summed E-state index contributed by atoms with van der Waals surface area (Å²) in [6.45, 7) is 4.37. The number of hydrogen-bond donors (Lipinski definition) is 0. The predicted octanol–water partition coefficient (Wildman–Crippen LogP) is 5.19. The molecule has 0 spiro atoms. The number of rotatable bonds is 4. The molecule has 1 unspecified atom stereocenters. The molecule has 2 aromatic carbocycles. The van der Waals surface area contributed by atoms with E-state index in [-0.39, 0.29) is 5.78 Å². The summed E-state index contributed by atoms with van der Waals surface area (Å²) < 4.78 is 0.926. The van der Waals surface area contributed by atoms with Gasteiger partial charge in [0.15, 0.2) is 5.78 Å². The average molecular weight is 317 g/mol. The lowest BCUT2D eigenvalue weighted by Crippen LogP contribution is -2.01. The number of carbonyl (C=O) groups excluding carboxylic acids is 1. The number of ketones is 1. The molecule has 1 atom stereocenters. The first-order chi connectivity index (χ1) is 9.11. The molecule has 0 radical (unpaired) electrons. The Balaban J connectivity index is 2.25. The maximum Gasteiger partial charge on any atom is 0.193 e. The third-order valence-corrected chi connectivity index (χ3v) is 3.93. The summed E-state index contributed by atoms with van der Waals surface area (Å²) >= 11 is 3.39. The van der Waals surface area contributed by atoms with Gasteiger partial charge < -0.3 is 0 Å². The van der Waals surface area contributed by atoms with Gasteiger partial charge in [-0.1, -0.05) is 66.2 Å². The fourth-order valence-electron chi connectivity index (χ4n) is 2.00. The van der Waals surface area contributed by atoms with E-state index in [4.69, 9.17) is 0 Å². The highest BCUT2D eigenvalue weighted by molar-refractivity contribution is 9.10. The van der Waals surface area contributed by atoms with E-state index in [0.717, 1.165) is 16.5 Å². The fraction of sp³-hybridized carbons (Fsp3) is 0.235. The van der Waals surface area contributed by atoms with E-state index in [1.54, 1.807) is 0 Å². The van der Waals surface area contributed by atoms with E-state index in [1.165, 1.54) is 5.56 Å². The van der Waals surface area contributed by atoms with Crippen LogP contribution in [0.25, 0.3) is 0 Å². The standard InChI is InChI=1S/C17H17BrO/c1-3-12(2)13-7-9-14(10-8-13)17(19)15-5-4-6-16(18)11-15/h4-12H,3H2,1-2H3. The van der Waals surface area contributed by atoms with Crippen LogP contribution in [0, 0.1) is 0 Å². The van der Waals surface area contributed by atoms with Crippen molar-refractivity contribution in [3.05, 3.63) is 69.7 Å². The zero-order valence-electron chi connectivity index (χ0n) is 11.2. The minimum absolute atomic E-state index is 0.0667. The summed E-state index contributed by atoms with van der Waals surface area (Å²) in [6, 6.07) is 15.4. The van der Waals surface area contributed by atoms with E-state index in [1.807, 2.05) is 36.4 Å². The molecular weight excluding hydrogens is 300 g/mol. The van der Waals surface area contributed by atoms with Crippen LogP contribution in [0.3, 0.4) is 0 Å². The maximum atomic E-state index is 12.3. The molecule has 0 aliphatic carbocycles. The molecule has 2 aromatic rings. The van der Waals surface area contributed by atoms with Crippen molar-refractivity contribution >= 4 is 21.7 Å². The monoisotopic (exact) mass is 316 g/mol. The molecule has 0 heterocycles. The minimum atomic E-state index is 0.0667. The van der Waals surface area contributed by atoms with Gasteiger partial charge in [-0.05, 0) is 30.0 Å². The molecule has 0 bridgehead atoms. The van der Waals surface area contributed by atoms with Crippen LogP contribution in [-0.4, -0.2) is 5.78 Å². The third-order valence-electron chi connectivity index (χ3n) is 3.44. The first-order valence-corrected chi connectivity index (χ1v) is 7.31. The Morgan fingerprint density at radius 3 is 2.37 bits per heavy atom. The van der Waals surface area contributed by atoms with E-state index in [2.05, 4.69) is 41.9 Å².